The second-order valence-corrected chi connectivity index (χ2v) is 10.2. The average Bonchev–Trinajstić information content (AvgIpc) is 2.73. The molecule has 0 radical (unpaired) electrons. The van der Waals surface area contributed by atoms with Crippen molar-refractivity contribution in [1.29, 1.82) is 0 Å². The molecule has 1 saturated carbocycles. The summed E-state index contributed by atoms with van der Waals surface area (Å²) in [6.07, 6.45) is 9.95. The number of likely N-dealkylation sites (tertiary alicyclic amines) is 1. The third-order valence-corrected chi connectivity index (χ3v) is 8.43. The lowest BCUT2D eigenvalue weighted by Crippen LogP contribution is -2.49. The predicted molar refractivity (Wildman–Crippen MR) is 105 cm³/mol. The van der Waals surface area contributed by atoms with E-state index in [0.29, 0.717) is 30.6 Å². The third-order valence-electron chi connectivity index (χ3n) is 6.54. The Morgan fingerprint density at radius 3 is 2.44 bits per heavy atom. The van der Waals surface area contributed by atoms with Gasteiger partial charge in [0.15, 0.2) is 0 Å². The minimum atomic E-state index is -3.51. The van der Waals surface area contributed by atoms with Gasteiger partial charge in [0.1, 0.15) is 0 Å². The van der Waals surface area contributed by atoms with Crippen LogP contribution in [0.5, 0.6) is 0 Å². The van der Waals surface area contributed by atoms with Crippen molar-refractivity contribution in [2.75, 3.05) is 19.6 Å². The molecule has 1 amide bonds. The minimum Gasteiger partial charge on any atom is -0.335 e. The Morgan fingerprint density at radius 1 is 0.889 bits per heavy atom. The molecule has 1 aromatic rings. The second-order valence-electron chi connectivity index (χ2n) is 8.25. The van der Waals surface area contributed by atoms with E-state index in [2.05, 4.69) is 0 Å². The van der Waals surface area contributed by atoms with Crippen LogP contribution >= 0.6 is 0 Å². The lowest BCUT2D eigenvalue weighted by atomic mass is 9.78. The van der Waals surface area contributed by atoms with Crippen LogP contribution in [0.25, 0.3) is 0 Å². The molecule has 0 bridgehead atoms. The van der Waals surface area contributed by atoms with Crippen molar-refractivity contribution in [3.05, 3.63) is 29.8 Å². The summed E-state index contributed by atoms with van der Waals surface area (Å²) in [5.41, 5.74) is 0.513. The molecule has 0 aromatic heterocycles. The van der Waals surface area contributed by atoms with E-state index in [4.69, 9.17) is 0 Å². The molecule has 148 valence electrons. The number of carbonyl (C=O) groups excluding carboxylic acids is 1. The number of sulfonamides is 1. The molecule has 3 fully saturated rings. The van der Waals surface area contributed by atoms with Crippen molar-refractivity contribution < 1.29 is 13.2 Å². The van der Waals surface area contributed by atoms with Gasteiger partial charge in [-0.15, -0.1) is 0 Å². The fourth-order valence-corrected chi connectivity index (χ4v) is 6.65. The summed E-state index contributed by atoms with van der Waals surface area (Å²) in [6.45, 7) is 1.95. The Balaban J connectivity index is 1.57. The van der Waals surface area contributed by atoms with Gasteiger partial charge in [-0.05, 0) is 62.6 Å². The van der Waals surface area contributed by atoms with Crippen LogP contribution in [0.4, 0.5) is 0 Å². The van der Waals surface area contributed by atoms with E-state index in [1.54, 1.807) is 28.6 Å². The second kappa shape index (κ2) is 7.92. The molecule has 3 aliphatic rings. The van der Waals surface area contributed by atoms with Crippen molar-refractivity contribution in [2.24, 2.45) is 5.92 Å². The van der Waals surface area contributed by atoms with Gasteiger partial charge in [-0.3, -0.25) is 4.79 Å². The van der Waals surface area contributed by atoms with Crippen molar-refractivity contribution in [3.8, 4) is 0 Å². The lowest BCUT2D eigenvalue weighted by Gasteiger charge is -2.44. The fourth-order valence-electron chi connectivity index (χ4n) is 5.09. The van der Waals surface area contributed by atoms with E-state index in [-0.39, 0.29) is 10.8 Å². The van der Waals surface area contributed by atoms with Crippen molar-refractivity contribution in [1.82, 2.24) is 9.21 Å². The molecular weight excluding hydrogens is 360 g/mol. The standard InChI is InChI=1S/C21H30N2O3S/c24-21(23-15-7-10-17-8-2-3-12-20(17)23)18-9-6-11-19(16-18)27(25,26)22-13-4-1-5-14-22/h6,9,11,16-17,20H,1-5,7-8,10,12-15H2. The van der Waals surface area contributed by atoms with Gasteiger partial charge >= 0.3 is 0 Å². The molecule has 1 aromatic carbocycles. The van der Waals surface area contributed by atoms with Crippen molar-refractivity contribution >= 4 is 15.9 Å². The largest absolute Gasteiger partial charge is 0.335 e. The number of rotatable bonds is 3. The molecule has 2 unspecified atom stereocenters. The number of nitrogens with zero attached hydrogens (tertiary/aromatic N) is 2. The Hall–Kier alpha value is -1.40. The highest BCUT2D eigenvalue weighted by molar-refractivity contribution is 7.89. The molecule has 27 heavy (non-hydrogen) atoms. The molecule has 0 spiro atoms. The molecule has 2 saturated heterocycles. The number of amides is 1. The summed E-state index contributed by atoms with van der Waals surface area (Å²) in [5.74, 6) is 0.624. The summed E-state index contributed by atoms with van der Waals surface area (Å²) >= 11 is 0. The Labute approximate surface area is 162 Å². The van der Waals surface area contributed by atoms with Crippen LogP contribution in [0.1, 0.15) is 68.1 Å². The first kappa shape index (κ1) is 18.9. The monoisotopic (exact) mass is 390 g/mol. The van der Waals surface area contributed by atoms with E-state index < -0.39 is 10.0 Å². The van der Waals surface area contributed by atoms with Crippen molar-refractivity contribution in [3.63, 3.8) is 0 Å². The number of piperidine rings is 2. The summed E-state index contributed by atoms with van der Waals surface area (Å²) in [7, 11) is -3.51. The molecule has 1 aliphatic carbocycles. The SMILES string of the molecule is O=C(c1cccc(S(=O)(=O)N2CCCCC2)c1)N1CCCC2CCCCC21. The van der Waals surface area contributed by atoms with Gasteiger partial charge in [-0.1, -0.05) is 25.3 Å². The van der Waals surface area contributed by atoms with E-state index in [1.165, 1.54) is 25.7 Å². The maximum absolute atomic E-state index is 13.2. The van der Waals surface area contributed by atoms with E-state index in [1.807, 2.05) is 4.90 Å². The normalized spacial score (nSPS) is 27.2. The smallest absolute Gasteiger partial charge is 0.254 e. The van der Waals surface area contributed by atoms with Gasteiger partial charge in [-0.2, -0.15) is 4.31 Å². The van der Waals surface area contributed by atoms with Crippen LogP contribution in [-0.2, 0) is 10.0 Å². The van der Waals surface area contributed by atoms with E-state index in [9.17, 15) is 13.2 Å². The van der Waals surface area contributed by atoms with Gasteiger partial charge < -0.3 is 4.90 Å². The molecule has 5 nitrogen and oxygen atoms in total. The minimum absolute atomic E-state index is 0.00212. The number of hydrogen-bond donors (Lipinski definition) is 0. The van der Waals surface area contributed by atoms with E-state index >= 15 is 0 Å². The van der Waals surface area contributed by atoms with Gasteiger partial charge in [0.05, 0.1) is 4.90 Å². The summed E-state index contributed by atoms with van der Waals surface area (Å²) in [6, 6.07) is 7.04. The van der Waals surface area contributed by atoms with Crippen LogP contribution in [0, 0.1) is 5.92 Å². The van der Waals surface area contributed by atoms with Gasteiger partial charge in [-0.25, -0.2) is 8.42 Å². The summed E-state index contributed by atoms with van der Waals surface area (Å²) < 4.78 is 27.5. The topological polar surface area (TPSA) is 57.7 Å². The zero-order valence-corrected chi connectivity index (χ0v) is 16.8. The first-order valence-corrected chi connectivity index (χ1v) is 11.9. The average molecular weight is 391 g/mol. The maximum atomic E-state index is 13.2. The fraction of sp³-hybridized carbons (Fsp3) is 0.667. The molecule has 4 rings (SSSR count). The summed E-state index contributed by atoms with van der Waals surface area (Å²) in [5, 5.41) is 0. The Kier molecular flexibility index (Phi) is 5.55. The number of hydrogen-bond acceptors (Lipinski definition) is 3. The van der Waals surface area contributed by atoms with Gasteiger partial charge in [0.25, 0.3) is 5.91 Å². The Bertz CT molecular complexity index is 784. The highest BCUT2D eigenvalue weighted by Gasteiger charge is 2.36. The highest BCUT2D eigenvalue weighted by atomic mass is 32.2. The summed E-state index contributed by atoms with van der Waals surface area (Å²) in [4.78, 5) is 15.5. The molecule has 2 heterocycles. The molecule has 0 N–H and O–H groups in total. The molecule has 2 atom stereocenters. The number of fused-ring (bicyclic) bond motifs is 1. The van der Waals surface area contributed by atoms with Crippen LogP contribution in [-0.4, -0.2) is 49.2 Å². The third kappa shape index (κ3) is 3.79. The van der Waals surface area contributed by atoms with E-state index in [0.717, 1.165) is 38.6 Å². The zero-order valence-electron chi connectivity index (χ0n) is 16.0. The molecule has 6 heteroatoms. The van der Waals surface area contributed by atoms with Crippen molar-refractivity contribution in [2.45, 2.75) is 68.7 Å². The predicted octanol–water partition coefficient (Wildman–Crippen LogP) is 3.66. The number of benzene rings is 1. The number of carbonyl (C=O) groups is 1. The molecular formula is C21H30N2O3S. The Morgan fingerprint density at radius 2 is 1.63 bits per heavy atom. The van der Waals surface area contributed by atoms with Gasteiger partial charge in [0.2, 0.25) is 10.0 Å². The maximum Gasteiger partial charge on any atom is 0.254 e. The highest BCUT2D eigenvalue weighted by Crippen LogP contribution is 2.36. The van der Waals surface area contributed by atoms with Crippen LogP contribution < -0.4 is 0 Å². The van der Waals surface area contributed by atoms with Crippen LogP contribution in [0.3, 0.4) is 0 Å². The first-order chi connectivity index (χ1) is 13.1. The van der Waals surface area contributed by atoms with Crippen LogP contribution in [0.15, 0.2) is 29.2 Å². The molecule has 2 aliphatic heterocycles. The van der Waals surface area contributed by atoms with Crippen LogP contribution in [0.2, 0.25) is 0 Å². The zero-order chi connectivity index (χ0) is 18.9. The first-order valence-electron chi connectivity index (χ1n) is 10.5. The lowest BCUT2D eigenvalue weighted by molar-refractivity contribution is 0.0390. The van der Waals surface area contributed by atoms with Gasteiger partial charge in [0, 0.05) is 31.2 Å². The quantitative estimate of drug-likeness (QED) is 0.791.